The number of hydrogen-bond acceptors (Lipinski definition) is 4. The van der Waals surface area contributed by atoms with Gasteiger partial charge in [-0.15, -0.1) is 0 Å². The Balaban J connectivity index is 1.72. The van der Waals surface area contributed by atoms with Crippen molar-refractivity contribution in [2.75, 3.05) is 0 Å². The minimum absolute atomic E-state index is 0.150. The molecule has 3 N–H and O–H groups in total. The van der Waals surface area contributed by atoms with Gasteiger partial charge in [0.2, 0.25) is 5.91 Å². The smallest absolute Gasteiger partial charge is 0.252 e. The molecule has 7 heteroatoms. The first-order valence-corrected chi connectivity index (χ1v) is 10.9. The zero-order valence-electron chi connectivity index (χ0n) is 15.8. The number of hydrogen-bond donors (Lipinski definition) is 2. The van der Waals surface area contributed by atoms with Crippen molar-refractivity contribution >= 4 is 21.7 Å². The molecule has 2 aromatic rings. The summed E-state index contributed by atoms with van der Waals surface area (Å²) in [5.41, 5.74) is 6.46. The van der Waals surface area contributed by atoms with Gasteiger partial charge in [-0.3, -0.25) is 9.59 Å². The number of amides is 2. The second kappa shape index (κ2) is 7.75. The minimum Gasteiger partial charge on any atom is -0.368 e. The Kier molecular flexibility index (Phi) is 5.56. The van der Waals surface area contributed by atoms with E-state index in [0.717, 1.165) is 18.4 Å². The van der Waals surface area contributed by atoms with Gasteiger partial charge in [-0.2, -0.15) is 0 Å². The van der Waals surface area contributed by atoms with Gasteiger partial charge in [0.1, 0.15) is 5.54 Å². The second-order valence-corrected chi connectivity index (χ2v) is 9.37. The fraction of sp³-hybridized carbons (Fsp3) is 0.333. The molecule has 0 atom stereocenters. The number of nitrogens with one attached hydrogen (secondary N) is 1. The van der Waals surface area contributed by atoms with E-state index in [4.69, 9.17) is 5.73 Å². The normalized spacial score (nSPS) is 15.9. The molecule has 28 heavy (non-hydrogen) atoms. The van der Waals surface area contributed by atoms with Gasteiger partial charge in [0.05, 0.1) is 10.6 Å². The number of nitrogens with two attached hydrogens (primary N) is 1. The van der Waals surface area contributed by atoms with Crippen LogP contribution in [0.3, 0.4) is 0 Å². The van der Waals surface area contributed by atoms with E-state index in [1.54, 1.807) is 48.5 Å². The van der Waals surface area contributed by atoms with E-state index in [9.17, 15) is 18.0 Å². The third kappa shape index (κ3) is 4.25. The highest BCUT2D eigenvalue weighted by molar-refractivity contribution is 7.90. The van der Waals surface area contributed by atoms with Gasteiger partial charge in [-0.05, 0) is 49.6 Å². The van der Waals surface area contributed by atoms with Crippen LogP contribution >= 0.6 is 0 Å². The predicted molar refractivity (Wildman–Crippen MR) is 106 cm³/mol. The Bertz CT molecular complexity index is 974. The average Bonchev–Trinajstić information content (AvgIpc) is 3.12. The third-order valence-electron chi connectivity index (χ3n) is 5.23. The Labute approximate surface area is 165 Å². The van der Waals surface area contributed by atoms with E-state index in [-0.39, 0.29) is 16.6 Å². The number of sulfone groups is 1. The number of rotatable bonds is 6. The summed E-state index contributed by atoms with van der Waals surface area (Å²) in [6.07, 6.45) is 2.78. The van der Waals surface area contributed by atoms with Crippen molar-refractivity contribution in [2.24, 2.45) is 5.73 Å². The Hall–Kier alpha value is -2.67. The quantitative estimate of drug-likeness (QED) is 0.777. The minimum atomic E-state index is -3.46. The van der Waals surface area contributed by atoms with Crippen molar-refractivity contribution in [3.05, 3.63) is 65.2 Å². The van der Waals surface area contributed by atoms with Crippen LogP contribution in [0, 0.1) is 6.92 Å². The molecule has 1 fully saturated rings. The highest BCUT2D eigenvalue weighted by atomic mass is 32.2. The van der Waals surface area contributed by atoms with Crippen LogP contribution in [0.2, 0.25) is 0 Å². The van der Waals surface area contributed by atoms with Gasteiger partial charge < -0.3 is 11.1 Å². The van der Waals surface area contributed by atoms with E-state index >= 15 is 0 Å². The lowest BCUT2D eigenvalue weighted by Crippen LogP contribution is -2.55. The molecular formula is C21H24N2O4S. The van der Waals surface area contributed by atoms with Crippen LogP contribution in [-0.2, 0) is 20.4 Å². The molecule has 148 valence electrons. The summed E-state index contributed by atoms with van der Waals surface area (Å²) in [6.45, 7) is 1.90. The third-order valence-corrected chi connectivity index (χ3v) is 6.94. The molecule has 3 rings (SSSR count). The van der Waals surface area contributed by atoms with Crippen LogP contribution < -0.4 is 11.1 Å². The molecule has 0 aromatic heterocycles. The monoisotopic (exact) mass is 400 g/mol. The molecule has 2 aromatic carbocycles. The highest BCUT2D eigenvalue weighted by Crippen LogP contribution is 2.29. The summed E-state index contributed by atoms with van der Waals surface area (Å²) in [4.78, 5) is 24.6. The fourth-order valence-electron chi connectivity index (χ4n) is 3.50. The van der Waals surface area contributed by atoms with Crippen LogP contribution in [0.15, 0.2) is 53.4 Å². The van der Waals surface area contributed by atoms with Gasteiger partial charge >= 0.3 is 0 Å². The Morgan fingerprint density at radius 2 is 1.57 bits per heavy atom. The van der Waals surface area contributed by atoms with E-state index < -0.39 is 21.3 Å². The molecule has 0 saturated heterocycles. The fourth-order valence-corrected chi connectivity index (χ4v) is 4.85. The number of primary amides is 1. The van der Waals surface area contributed by atoms with Crippen LogP contribution in [0.5, 0.6) is 0 Å². The Morgan fingerprint density at radius 3 is 2.11 bits per heavy atom. The number of carbonyl (C=O) groups is 2. The SMILES string of the molecule is Cc1ccc(S(=O)(=O)Cc2ccc(C(=O)NC3(C(N)=O)CCCC3)cc2)cc1. The summed E-state index contributed by atoms with van der Waals surface area (Å²) in [5, 5.41) is 2.78. The summed E-state index contributed by atoms with van der Waals surface area (Å²) in [7, 11) is -3.46. The van der Waals surface area contributed by atoms with Gasteiger partial charge in [0.25, 0.3) is 5.91 Å². The lowest BCUT2D eigenvalue weighted by atomic mass is 9.96. The first-order chi connectivity index (χ1) is 13.2. The molecule has 0 bridgehead atoms. The summed E-state index contributed by atoms with van der Waals surface area (Å²) >= 11 is 0. The van der Waals surface area contributed by atoms with Crippen molar-refractivity contribution < 1.29 is 18.0 Å². The van der Waals surface area contributed by atoms with Gasteiger partial charge in [0.15, 0.2) is 9.84 Å². The Morgan fingerprint density at radius 1 is 1.00 bits per heavy atom. The maximum absolute atomic E-state index is 12.5. The van der Waals surface area contributed by atoms with Crippen molar-refractivity contribution in [1.29, 1.82) is 0 Å². The molecule has 0 heterocycles. The largest absolute Gasteiger partial charge is 0.368 e. The van der Waals surface area contributed by atoms with Crippen LogP contribution in [0.1, 0.15) is 47.2 Å². The van der Waals surface area contributed by atoms with Crippen molar-refractivity contribution in [2.45, 2.75) is 48.8 Å². The standard InChI is InChI=1S/C21H24N2O4S/c1-15-4-10-18(11-5-15)28(26,27)14-16-6-8-17(9-7-16)19(24)23-21(20(22)25)12-2-3-13-21/h4-11H,2-3,12-14H2,1H3,(H2,22,25)(H,23,24). The zero-order valence-corrected chi connectivity index (χ0v) is 16.6. The molecule has 1 aliphatic carbocycles. The van der Waals surface area contributed by atoms with Crippen molar-refractivity contribution in [3.63, 3.8) is 0 Å². The lowest BCUT2D eigenvalue weighted by molar-refractivity contribution is -0.123. The summed E-state index contributed by atoms with van der Waals surface area (Å²) in [5.74, 6) is -1.05. The molecular weight excluding hydrogens is 376 g/mol. The highest BCUT2D eigenvalue weighted by Gasteiger charge is 2.40. The summed E-state index contributed by atoms with van der Waals surface area (Å²) < 4.78 is 25.1. The van der Waals surface area contributed by atoms with E-state index in [1.165, 1.54) is 0 Å². The molecule has 0 unspecified atom stereocenters. The van der Waals surface area contributed by atoms with Gasteiger partial charge in [-0.25, -0.2) is 8.42 Å². The molecule has 6 nitrogen and oxygen atoms in total. The number of aryl methyl sites for hydroxylation is 1. The van der Waals surface area contributed by atoms with Crippen LogP contribution in [0.25, 0.3) is 0 Å². The van der Waals surface area contributed by atoms with Crippen LogP contribution in [0.4, 0.5) is 0 Å². The number of benzene rings is 2. The zero-order chi connectivity index (χ0) is 20.4. The number of carbonyl (C=O) groups excluding carboxylic acids is 2. The van der Waals surface area contributed by atoms with E-state index in [2.05, 4.69) is 5.32 Å². The summed E-state index contributed by atoms with van der Waals surface area (Å²) in [6, 6.07) is 13.1. The molecule has 2 amide bonds. The topological polar surface area (TPSA) is 106 Å². The van der Waals surface area contributed by atoms with Crippen molar-refractivity contribution in [1.82, 2.24) is 5.32 Å². The molecule has 1 aliphatic rings. The average molecular weight is 401 g/mol. The first kappa shape index (κ1) is 20.1. The second-order valence-electron chi connectivity index (χ2n) is 7.38. The maximum Gasteiger partial charge on any atom is 0.252 e. The molecule has 0 spiro atoms. The van der Waals surface area contributed by atoms with E-state index in [0.29, 0.717) is 24.0 Å². The lowest BCUT2D eigenvalue weighted by Gasteiger charge is -2.26. The van der Waals surface area contributed by atoms with Crippen LogP contribution in [-0.4, -0.2) is 25.8 Å². The van der Waals surface area contributed by atoms with Gasteiger partial charge in [0, 0.05) is 5.56 Å². The van der Waals surface area contributed by atoms with Crippen molar-refractivity contribution in [3.8, 4) is 0 Å². The first-order valence-electron chi connectivity index (χ1n) is 9.23. The predicted octanol–water partition coefficient (Wildman–Crippen LogP) is 2.50. The molecule has 0 radical (unpaired) electrons. The van der Waals surface area contributed by atoms with E-state index in [1.807, 2.05) is 6.92 Å². The molecule has 0 aliphatic heterocycles. The maximum atomic E-state index is 12.5. The molecule has 1 saturated carbocycles. The van der Waals surface area contributed by atoms with Gasteiger partial charge in [-0.1, -0.05) is 42.7 Å².